The number of rotatable bonds is 3. The molecule has 4 heterocycles. The Labute approximate surface area is 162 Å². The molecule has 1 spiro atoms. The lowest BCUT2D eigenvalue weighted by atomic mass is 9.77. The van der Waals surface area contributed by atoms with E-state index in [4.69, 9.17) is 4.74 Å². The number of carbonyl (C=O) groups excluding carboxylic acids is 2. The van der Waals surface area contributed by atoms with Crippen LogP contribution >= 0.6 is 0 Å². The molecule has 2 N–H and O–H groups in total. The largest absolute Gasteiger partial charge is 0.381 e. The zero-order chi connectivity index (χ0) is 19.7. The van der Waals surface area contributed by atoms with Crippen molar-refractivity contribution in [2.24, 2.45) is 5.41 Å². The lowest BCUT2D eigenvalue weighted by Crippen LogP contribution is -2.55. The normalized spacial score (nSPS) is 26.2. The Morgan fingerprint density at radius 2 is 1.93 bits per heavy atom. The lowest BCUT2D eigenvalue weighted by molar-refractivity contribution is -0.150. The van der Waals surface area contributed by atoms with Crippen LogP contribution in [0.1, 0.15) is 37.7 Å². The molecule has 0 aliphatic carbocycles. The minimum absolute atomic E-state index is 0.132. The molecule has 1 atom stereocenters. The van der Waals surface area contributed by atoms with Crippen molar-refractivity contribution in [2.45, 2.75) is 44.6 Å². The Balaban J connectivity index is 1.45. The van der Waals surface area contributed by atoms with E-state index >= 15 is 0 Å². The Morgan fingerprint density at radius 3 is 2.71 bits per heavy atom. The van der Waals surface area contributed by atoms with Crippen LogP contribution in [0.3, 0.4) is 0 Å². The average molecular weight is 390 g/mol. The standard InChI is InChI=1S/C19H26N4O5/c24-15-10-13(17(26)21-20-15)11-16(25)22-7-5-19(12-22)4-1-6-23(18(19)27)14-2-8-28-9-3-14/h10,14H,1-9,11-12H2,(H,20,24)(H,21,26)/t19-/m1/s1. The second-order valence-electron chi connectivity index (χ2n) is 8.08. The fourth-order valence-corrected chi connectivity index (χ4v) is 4.77. The van der Waals surface area contributed by atoms with Crippen molar-refractivity contribution in [3.05, 3.63) is 32.3 Å². The molecule has 2 amide bonds. The third kappa shape index (κ3) is 3.50. The monoisotopic (exact) mass is 390 g/mol. The van der Waals surface area contributed by atoms with Crippen molar-refractivity contribution in [1.82, 2.24) is 20.0 Å². The Kier molecular flexibility index (Phi) is 5.09. The summed E-state index contributed by atoms with van der Waals surface area (Å²) in [7, 11) is 0. The van der Waals surface area contributed by atoms with Gasteiger partial charge < -0.3 is 14.5 Å². The number of nitrogens with one attached hydrogen (secondary N) is 2. The first-order valence-electron chi connectivity index (χ1n) is 9.96. The average Bonchev–Trinajstić information content (AvgIpc) is 3.13. The molecule has 0 aromatic carbocycles. The molecule has 9 heteroatoms. The van der Waals surface area contributed by atoms with Gasteiger partial charge in [0.25, 0.3) is 11.1 Å². The topological polar surface area (TPSA) is 116 Å². The van der Waals surface area contributed by atoms with Gasteiger partial charge in [-0.2, -0.15) is 0 Å². The van der Waals surface area contributed by atoms with Crippen LogP contribution in [0.5, 0.6) is 0 Å². The van der Waals surface area contributed by atoms with Crippen molar-refractivity contribution in [1.29, 1.82) is 0 Å². The molecule has 28 heavy (non-hydrogen) atoms. The minimum atomic E-state index is -0.507. The summed E-state index contributed by atoms with van der Waals surface area (Å²) in [5, 5.41) is 4.43. The van der Waals surface area contributed by atoms with Gasteiger partial charge in [0, 0.05) is 50.5 Å². The highest BCUT2D eigenvalue weighted by Gasteiger charge is 2.50. The van der Waals surface area contributed by atoms with E-state index in [0.717, 1.165) is 38.3 Å². The first-order chi connectivity index (χ1) is 13.5. The summed E-state index contributed by atoms with van der Waals surface area (Å²) in [5.41, 5.74) is -1.28. The number of aromatic amines is 2. The molecule has 3 aliphatic heterocycles. The molecule has 1 aromatic heterocycles. The molecule has 152 valence electrons. The van der Waals surface area contributed by atoms with Gasteiger partial charge in [-0.1, -0.05) is 0 Å². The number of carbonyl (C=O) groups is 2. The van der Waals surface area contributed by atoms with Crippen LogP contribution in [0.2, 0.25) is 0 Å². The minimum Gasteiger partial charge on any atom is -0.381 e. The van der Waals surface area contributed by atoms with Crippen molar-refractivity contribution in [2.75, 3.05) is 32.8 Å². The van der Waals surface area contributed by atoms with Gasteiger partial charge in [0.1, 0.15) is 0 Å². The molecule has 0 saturated carbocycles. The van der Waals surface area contributed by atoms with Gasteiger partial charge in [0.15, 0.2) is 0 Å². The van der Waals surface area contributed by atoms with E-state index in [1.54, 1.807) is 4.90 Å². The van der Waals surface area contributed by atoms with E-state index < -0.39 is 16.5 Å². The summed E-state index contributed by atoms with van der Waals surface area (Å²) >= 11 is 0. The second-order valence-corrected chi connectivity index (χ2v) is 8.08. The SMILES string of the molecule is O=C(Cc1cc(=O)[nH][nH]c1=O)N1CC[C@]2(CCCN(C3CCOCC3)C2=O)C1. The van der Waals surface area contributed by atoms with Crippen molar-refractivity contribution >= 4 is 11.8 Å². The quantitative estimate of drug-likeness (QED) is 0.730. The predicted molar refractivity (Wildman–Crippen MR) is 99.8 cm³/mol. The van der Waals surface area contributed by atoms with E-state index in [2.05, 4.69) is 10.2 Å². The van der Waals surface area contributed by atoms with Crippen LogP contribution in [0, 0.1) is 5.41 Å². The van der Waals surface area contributed by atoms with Gasteiger partial charge in [-0.05, 0) is 32.1 Å². The molecule has 9 nitrogen and oxygen atoms in total. The Hall–Kier alpha value is -2.42. The maximum Gasteiger partial charge on any atom is 0.266 e. The Bertz CT molecular complexity index is 872. The molecule has 3 fully saturated rings. The number of aromatic nitrogens is 2. The number of ether oxygens (including phenoxy) is 1. The zero-order valence-electron chi connectivity index (χ0n) is 15.9. The maximum atomic E-state index is 13.3. The summed E-state index contributed by atoms with van der Waals surface area (Å²) < 4.78 is 5.42. The molecule has 0 radical (unpaired) electrons. The zero-order valence-corrected chi connectivity index (χ0v) is 15.9. The number of amides is 2. The summed E-state index contributed by atoms with van der Waals surface area (Å²) in [4.78, 5) is 52.9. The first kappa shape index (κ1) is 18.9. The van der Waals surface area contributed by atoms with Gasteiger partial charge in [-0.3, -0.25) is 29.4 Å². The highest BCUT2D eigenvalue weighted by Crippen LogP contribution is 2.41. The van der Waals surface area contributed by atoms with Crippen molar-refractivity contribution in [3.63, 3.8) is 0 Å². The van der Waals surface area contributed by atoms with Crippen molar-refractivity contribution in [3.8, 4) is 0 Å². The van der Waals surface area contributed by atoms with Crippen LogP contribution in [-0.4, -0.2) is 70.7 Å². The third-order valence-electron chi connectivity index (χ3n) is 6.34. The molecule has 0 bridgehead atoms. The lowest BCUT2D eigenvalue weighted by Gasteiger charge is -2.44. The highest BCUT2D eigenvalue weighted by molar-refractivity contribution is 5.86. The van der Waals surface area contributed by atoms with Gasteiger partial charge in [-0.15, -0.1) is 0 Å². The molecule has 4 rings (SSSR count). The van der Waals surface area contributed by atoms with E-state index in [0.29, 0.717) is 32.7 Å². The number of hydrogen-bond acceptors (Lipinski definition) is 5. The highest BCUT2D eigenvalue weighted by atomic mass is 16.5. The van der Waals surface area contributed by atoms with Crippen LogP contribution < -0.4 is 11.1 Å². The van der Waals surface area contributed by atoms with Gasteiger partial charge in [0.2, 0.25) is 11.8 Å². The third-order valence-corrected chi connectivity index (χ3v) is 6.34. The first-order valence-corrected chi connectivity index (χ1v) is 9.96. The van der Waals surface area contributed by atoms with Gasteiger partial charge in [0.05, 0.1) is 11.8 Å². The van der Waals surface area contributed by atoms with Crippen LogP contribution in [-0.2, 0) is 20.7 Å². The van der Waals surface area contributed by atoms with E-state index in [9.17, 15) is 19.2 Å². The number of likely N-dealkylation sites (tertiary alicyclic amines) is 2. The molecule has 3 saturated heterocycles. The van der Waals surface area contributed by atoms with Crippen molar-refractivity contribution < 1.29 is 14.3 Å². The van der Waals surface area contributed by atoms with E-state index in [1.807, 2.05) is 4.90 Å². The smallest absolute Gasteiger partial charge is 0.266 e. The maximum absolute atomic E-state index is 13.3. The molecular weight excluding hydrogens is 364 g/mol. The van der Waals surface area contributed by atoms with Crippen LogP contribution in [0.4, 0.5) is 0 Å². The fraction of sp³-hybridized carbons (Fsp3) is 0.684. The van der Waals surface area contributed by atoms with E-state index in [1.165, 1.54) is 0 Å². The number of H-pyrrole nitrogens is 2. The molecule has 1 aromatic rings. The van der Waals surface area contributed by atoms with E-state index in [-0.39, 0.29) is 29.8 Å². The summed E-state index contributed by atoms with van der Waals surface area (Å²) in [6, 6.07) is 1.39. The van der Waals surface area contributed by atoms with Gasteiger partial charge in [-0.25, -0.2) is 0 Å². The van der Waals surface area contributed by atoms with Crippen LogP contribution in [0.15, 0.2) is 15.7 Å². The second kappa shape index (κ2) is 7.54. The molecular formula is C19H26N4O5. The van der Waals surface area contributed by atoms with Crippen LogP contribution in [0.25, 0.3) is 0 Å². The fourth-order valence-electron chi connectivity index (χ4n) is 4.77. The number of nitrogens with zero attached hydrogens (tertiary/aromatic N) is 2. The molecule has 3 aliphatic rings. The summed E-state index contributed by atoms with van der Waals surface area (Å²) in [6.07, 6.45) is 4.00. The predicted octanol–water partition coefficient (Wildman–Crippen LogP) is -0.374. The van der Waals surface area contributed by atoms with Gasteiger partial charge >= 0.3 is 0 Å². The summed E-state index contributed by atoms with van der Waals surface area (Å²) in [5.74, 6) is -0.0566. The summed E-state index contributed by atoms with van der Waals surface area (Å²) in [6.45, 7) is 3.06. The number of piperidine rings is 1. The molecule has 0 unspecified atom stereocenters. The number of hydrogen-bond donors (Lipinski definition) is 2. The Morgan fingerprint density at radius 1 is 1.14 bits per heavy atom.